The average molecular weight is 461 g/mol. The summed E-state index contributed by atoms with van der Waals surface area (Å²) >= 11 is 11.0. The van der Waals surface area contributed by atoms with Crippen molar-refractivity contribution in [2.45, 2.75) is 13.8 Å². The first-order valence-corrected chi connectivity index (χ1v) is 10.2. The maximum Gasteiger partial charge on any atom is 0.265 e. The second-order valence-electron chi connectivity index (χ2n) is 6.17. The van der Waals surface area contributed by atoms with Crippen molar-refractivity contribution in [2.75, 3.05) is 5.32 Å². The van der Waals surface area contributed by atoms with E-state index in [4.69, 9.17) is 11.6 Å². The summed E-state index contributed by atoms with van der Waals surface area (Å²) in [6, 6.07) is 15.3. The molecule has 2 heterocycles. The minimum Gasteiger partial charge on any atom is -0.321 e. The zero-order valence-electron chi connectivity index (χ0n) is 14.6. The molecule has 2 aromatic heterocycles. The SMILES string of the molecule is Cc1c(Cl)cccc1NC(=O)c1cc2c(C)nn(-c3ccc(Br)cc3)c2s1. The lowest BCUT2D eigenvalue weighted by Crippen LogP contribution is -2.11. The monoisotopic (exact) mass is 459 g/mol. The third kappa shape index (κ3) is 3.40. The number of hydrogen-bond acceptors (Lipinski definition) is 3. The standard InChI is InChI=1S/C20H15BrClN3OS/c1-11-16(22)4-3-5-17(11)23-19(26)18-10-15-12(2)24-25(20(15)27-18)14-8-6-13(21)7-9-14/h3-10H,1-2H3,(H,23,26). The first kappa shape index (κ1) is 18.2. The van der Waals surface area contributed by atoms with Crippen LogP contribution < -0.4 is 5.32 Å². The van der Waals surface area contributed by atoms with Gasteiger partial charge in [0.15, 0.2) is 0 Å². The lowest BCUT2D eigenvalue weighted by atomic mass is 10.2. The van der Waals surface area contributed by atoms with E-state index in [-0.39, 0.29) is 5.91 Å². The first-order valence-electron chi connectivity index (χ1n) is 8.25. The third-order valence-corrected chi connectivity index (χ3v) is 6.40. The second kappa shape index (κ2) is 7.11. The molecule has 4 nitrogen and oxygen atoms in total. The summed E-state index contributed by atoms with van der Waals surface area (Å²) in [5.74, 6) is -0.150. The number of benzene rings is 2. The van der Waals surface area contributed by atoms with Crippen LogP contribution in [0, 0.1) is 13.8 Å². The molecule has 0 aliphatic carbocycles. The van der Waals surface area contributed by atoms with Gasteiger partial charge in [0.05, 0.1) is 16.3 Å². The Morgan fingerprint density at radius 3 is 2.67 bits per heavy atom. The van der Waals surface area contributed by atoms with Gasteiger partial charge in [-0.05, 0) is 61.9 Å². The number of anilines is 1. The highest BCUT2D eigenvalue weighted by molar-refractivity contribution is 9.10. The molecule has 1 amide bonds. The maximum atomic E-state index is 12.8. The quantitative estimate of drug-likeness (QED) is 0.386. The number of halogens is 2. The normalized spacial score (nSPS) is 11.1. The predicted molar refractivity (Wildman–Crippen MR) is 116 cm³/mol. The van der Waals surface area contributed by atoms with Gasteiger partial charge in [0.25, 0.3) is 5.91 Å². The van der Waals surface area contributed by atoms with Gasteiger partial charge in [0, 0.05) is 20.6 Å². The van der Waals surface area contributed by atoms with Gasteiger partial charge in [0.1, 0.15) is 4.83 Å². The fraction of sp³-hybridized carbons (Fsp3) is 0.100. The van der Waals surface area contributed by atoms with Crippen LogP contribution in [0.15, 0.2) is 53.0 Å². The van der Waals surface area contributed by atoms with Gasteiger partial charge < -0.3 is 5.32 Å². The number of carbonyl (C=O) groups is 1. The van der Waals surface area contributed by atoms with Gasteiger partial charge >= 0.3 is 0 Å². The van der Waals surface area contributed by atoms with Crippen molar-refractivity contribution in [3.63, 3.8) is 0 Å². The van der Waals surface area contributed by atoms with Crippen LogP contribution in [0.5, 0.6) is 0 Å². The molecule has 27 heavy (non-hydrogen) atoms. The van der Waals surface area contributed by atoms with E-state index in [2.05, 4.69) is 26.3 Å². The van der Waals surface area contributed by atoms with E-state index in [9.17, 15) is 4.79 Å². The number of rotatable bonds is 3. The molecular formula is C20H15BrClN3OS. The minimum absolute atomic E-state index is 0.150. The van der Waals surface area contributed by atoms with Crippen molar-refractivity contribution in [3.8, 4) is 5.69 Å². The number of fused-ring (bicyclic) bond motifs is 1. The summed E-state index contributed by atoms with van der Waals surface area (Å²) in [5.41, 5.74) is 3.42. The topological polar surface area (TPSA) is 46.9 Å². The van der Waals surface area contributed by atoms with Gasteiger partial charge in [-0.3, -0.25) is 4.79 Å². The Morgan fingerprint density at radius 1 is 1.19 bits per heavy atom. The highest BCUT2D eigenvalue weighted by Gasteiger charge is 2.18. The zero-order chi connectivity index (χ0) is 19.1. The van der Waals surface area contributed by atoms with E-state index in [0.29, 0.717) is 9.90 Å². The van der Waals surface area contributed by atoms with Crippen molar-refractivity contribution in [1.29, 1.82) is 0 Å². The minimum atomic E-state index is -0.150. The van der Waals surface area contributed by atoms with Crippen LogP contribution in [0.4, 0.5) is 5.69 Å². The summed E-state index contributed by atoms with van der Waals surface area (Å²) in [6.07, 6.45) is 0. The molecule has 0 fully saturated rings. The van der Waals surface area contributed by atoms with Crippen LogP contribution in [-0.4, -0.2) is 15.7 Å². The number of aromatic nitrogens is 2. The Balaban J connectivity index is 1.71. The Labute approximate surface area is 173 Å². The average Bonchev–Trinajstić information content (AvgIpc) is 3.21. The van der Waals surface area contributed by atoms with Crippen LogP contribution in [0.2, 0.25) is 5.02 Å². The molecule has 0 aliphatic heterocycles. The molecular weight excluding hydrogens is 446 g/mol. The van der Waals surface area contributed by atoms with E-state index in [1.165, 1.54) is 11.3 Å². The summed E-state index contributed by atoms with van der Waals surface area (Å²) in [7, 11) is 0. The van der Waals surface area contributed by atoms with Crippen molar-refractivity contribution in [1.82, 2.24) is 9.78 Å². The largest absolute Gasteiger partial charge is 0.321 e. The summed E-state index contributed by atoms with van der Waals surface area (Å²) in [5, 5.41) is 9.19. The Hall–Kier alpha value is -2.15. The third-order valence-electron chi connectivity index (χ3n) is 4.36. The second-order valence-corrected chi connectivity index (χ2v) is 8.52. The number of thiophene rings is 1. The van der Waals surface area contributed by atoms with Crippen molar-refractivity contribution < 1.29 is 4.79 Å². The number of amides is 1. The number of nitrogens with one attached hydrogen (secondary N) is 1. The molecule has 7 heteroatoms. The van der Waals surface area contributed by atoms with Crippen LogP contribution in [0.25, 0.3) is 15.9 Å². The molecule has 0 saturated carbocycles. The highest BCUT2D eigenvalue weighted by atomic mass is 79.9. The number of aryl methyl sites for hydroxylation is 1. The molecule has 0 bridgehead atoms. The van der Waals surface area contributed by atoms with Crippen LogP contribution in [-0.2, 0) is 0 Å². The Morgan fingerprint density at radius 2 is 1.93 bits per heavy atom. The Kier molecular flexibility index (Phi) is 4.80. The zero-order valence-corrected chi connectivity index (χ0v) is 17.7. The highest BCUT2D eigenvalue weighted by Crippen LogP contribution is 2.32. The lowest BCUT2D eigenvalue weighted by Gasteiger charge is -2.08. The molecule has 0 unspecified atom stereocenters. The summed E-state index contributed by atoms with van der Waals surface area (Å²) in [4.78, 5) is 14.4. The van der Waals surface area contributed by atoms with Gasteiger partial charge in [-0.2, -0.15) is 5.10 Å². The number of hydrogen-bond donors (Lipinski definition) is 1. The van der Waals surface area contributed by atoms with Crippen LogP contribution in [0.3, 0.4) is 0 Å². The predicted octanol–water partition coefficient (Wildman–Crippen LogP) is 6.37. The molecule has 0 atom stereocenters. The Bertz CT molecular complexity index is 1160. The molecule has 136 valence electrons. The van der Waals surface area contributed by atoms with Crippen molar-refractivity contribution in [3.05, 3.63) is 74.2 Å². The molecule has 0 saturated heterocycles. The van der Waals surface area contributed by atoms with Gasteiger partial charge in [-0.1, -0.05) is 33.6 Å². The fourth-order valence-corrected chi connectivity index (χ4v) is 4.36. The first-order chi connectivity index (χ1) is 12.9. The molecule has 2 aromatic carbocycles. The van der Waals surface area contributed by atoms with E-state index >= 15 is 0 Å². The van der Waals surface area contributed by atoms with E-state index in [1.54, 1.807) is 0 Å². The molecule has 4 aromatic rings. The summed E-state index contributed by atoms with van der Waals surface area (Å²) in [6.45, 7) is 3.84. The lowest BCUT2D eigenvalue weighted by molar-refractivity contribution is 0.103. The van der Waals surface area contributed by atoms with Gasteiger partial charge in [-0.15, -0.1) is 11.3 Å². The van der Waals surface area contributed by atoms with E-state index < -0.39 is 0 Å². The molecule has 4 rings (SSSR count). The molecule has 1 N–H and O–H groups in total. The molecule has 0 aliphatic rings. The molecule has 0 radical (unpaired) electrons. The maximum absolute atomic E-state index is 12.8. The van der Waals surface area contributed by atoms with E-state index in [1.807, 2.05) is 67.1 Å². The fourth-order valence-electron chi connectivity index (χ4n) is 2.84. The van der Waals surface area contributed by atoms with Crippen LogP contribution in [0.1, 0.15) is 20.9 Å². The van der Waals surface area contributed by atoms with Crippen LogP contribution >= 0.6 is 38.9 Å². The van der Waals surface area contributed by atoms with Crippen molar-refractivity contribution >= 4 is 60.7 Å². The van der Waals surface area contributed by atoms with Gasteiger partial charge in [0.2, 0.25) is 0 Å². The van der Waals surface area contributed by atoms with Crippen molar-refractivity contribution in [2.24, 2.45) is 0 Å². The number of nitrogens with zero attached hydrogens (tertiary/aromatic N) is 2. The summed E-state index contributed by atoms with van der Waals surface area (Å²) < 4.78 is 2.89. The molecule has 0 spiro atoms. The van der Waals surface area contributed by atoms with Gasteiger partial charge in [-0.25, -0.2) is 4.68 Å². The smallest absolute Gasteiger partial charge is 0.265 e. The number of carbonyl (C=O) groups excluding carboxylic acids is 1. The van der Waals surface area contributed by atoms with E-state index in [0.717, 1.165) is 37.3 Å².